The van der Waals surface area contributed by atoms with Gasteiger partial charge in [-0.1, -0.05) is 36.4 Å². The summed E-state index contributed by atoms with van der Waals surface area (Å²) in [6, 6.07) is 14.6. The van der Waals surface area contributed by atoms with E-state index in [0.29, 0.717) is 13.0 Å². The molecule has 1 unspecified atom stereocenters. The lowest BCUT2D eigenvalue weighted by molar-refractivity contribution is 0.00253. The molecule has 1 aromatic carbocycles. The third kappa shape index (κ3) is 4.92. The molecule has 2 rings (SSSR count). The predicted molar refractivity (Wildman–Crippen MR) is 81.5 cm³/mol. The van der Waals surface area contributed by atoms with Gasteiger partial charge in [-0.25, -0.2) is 4.39 Å². The fourth-order valence-electron chi connectivity index (χ4n) is 2.01. The largest absolute Gasteiger partial charge is 0.373 e. The van der Waals surface area contributed by atoms with Crippen molar-refractivity contribution in [1.82, 2.24) is 4.98 Å². The summed E-state index contributed by atoms with van der Waals surface area (Å²) in [6.07, 6.45) is 2.08. The van der Waals surface area contributed by atoms with Gasteiger partial charge in [-0.15, -0.1) is 0 Å². The van der Waals surface area contributed by atoms with Crippen LogP contribution in [0.4, 0.5) is 4.39 Å². The summed E-state index contributed by atoms with van der Waals surface area (Å²) in [5.41, 5.74) is 6.19. The maximum Gasteiger partial charge on any atom is 0.146 e. The zero-order valence-corrected chi connectivity index (χ0v) is 12.2. The zero-order chi connectivity index (χ0) is 15.1. The van der Waals surface area contributed by atoms with E-state index in [1.807, 2.05) is 48.5 Å². The van der Waals surface area contributed by atoms with Crippen molar-refractivity contribution in [3.63, 3.8) is 0 Å². The Balaban J connectivity index is 1.83. The van der Waals surface area contributed by atoms with Gasteiger partial charge in [0.15, 0.2) is 0 Å². The normalized spacial score (nSPS) is 15.4. The van der Waals surface area contributed by atoms with E-state index in [1.165, 1.54) is 6.92 Å². The van der Waals surface area contributed by atoms with E-state index in [4.69, 9.17) is 10.5 Å². The maximum atomic E-state index is 14.6. The second-order valence-electron chi connectivity index (χ2n) is 5.39. The Hall–Kier alpha value is -1.78. The Morgan fingerprint density at radius 3 is 2.57 bits per heavy atom. The van der Waals surface area contributed by atoms with Crippen LogP contribution in [0.2, 0.25) is 0 Å². The minimum Gasteiger partial charge on any atom is -0.373 e. The molecule has 0 bridgehead atoms. The van der Waals surface area contributed by atoms with Crippen molar-refractivity contribution in [2.45, 2.75) is 31.7 Å². The fraction of sp³-hybridized carbons (Fsp3) is 0.353. The number of hydrogen-bond donors (Lipinski definition) is 1. The minimum absolute atomic E-state index is 0.0319. The SMILES string of the molecule is CC(F)(COCc1ccccc1)[C@H](N)Cc1ccccn1. The van der Waals surface area contributed by atoms with Gasteiger partial charge in [0.05, 0.1) is 13.2 Å². The first-order valence-electron chi connectivity index (χ1n) is 7.04. The highest BCUT2D eigenvalue weighted by atomic mass is 19.1. The van der Waals surface area contributed by atoms with Gasteiger partial charge in [0.2, 0.25) is 0 Å². The smallest absolute Gasteiger partial charge is 0.146 e. The molecule has 0 saturated carbocycles. The molecule has 2 atom stereocenters. The van der Waals surface area contributed by atoms with Crippen LogP contribution in [0.25, 0.3) is 0 Å². The summed E-state index contributed by atoms with van der Waals surface area (Å²) in [5.74, 6) is 0. The van der Waals surface area contributed by atoms with E-state index < -0.39 is 11.7 Å². The van der Waals surface area contributed by atoms with Crippen LogP contribution < -0.4 is 5.73 Å². The molecule has 0 aliphatic rings. The summed E-state index contributed by atoms with van der Waals surface area (Å²) in [5, 5.41) is 0. The van der Waals surface area contributed by atoms with Crippen molar-refractivity contribution in [1.29, 1.82) is 0 Å². The van der Waals surface area contributed by atoms with Crippen molar-refractivity contribution in [3.05, 3.63) is 66.0 Å². The van der Waals surface area contributed by atoms with E-state index in [9.17, 15) is 4.39 Å². The molecule has 0 aliphatic carbocycles. The van der Waals surface area contributed by atoms with Crippen LogP contribution in [0.3, 0.4) is 0 Å². The van der Waals surface area contributed by atoms with Gasteiger partial charge in [-0.3, -0.25) is 4.98 Å². The first-order chi connectivity index (χ1) is 10.1. The van der Waals surface area contributed by atoms with Crippen LogP contribution in [0.1, 0.15) is 18.2 Å². The van der Waals surface area contributed by atoms with Crippen LogP contribution >= 0.6 is 0 Å². The lowest BCUT2D eigenvalue weighted by Gasteiger charge is -2.27. The number of hydrogen-bond acceptors (Lipinski definition) is 3. The topological polar surface area (TPSA) is 48.1 Å². The molecule has 1 heterocycles. The van der Waals surface area contributed by atoms with Gasteiger partial charge in [0.25, 0.3) is 0 Å². The Morgan fingerprint density at radius 1 is 1.19 bits per heavy atom. The Morgan fingerprint density at radius 2 is 1.90 bits per heavy atom. The van der Waals surface area contributed by atoms with E-state index >= 15 is 0 Å². The van der Waals surface area contributed by atoms with E-state index in [-0.39, 0.29) is 6.61 Å². The number of pyridine rings is 1. The quantitative estimate of drug-likeness (QED) is 0.852. The lowest BCUT2D eigenvalue weighted by Crippen LogP contribution is -2.47. The fourth-order valence-corrected chi connectivity index (χ4v) is 2.01. The van der Waals surface area contributed by atoms with Crippen molar-refractivity contribution in [2.75, 3.05) is 6.61 Å². The Labute approximate surface area is 125 Å². The average molecular weight is 288 g/mol. The second-order valence-corrected chi connectivity index (χ2v) is 5.39. The van der Waals surface area contributed by atoms with Crippen LogP contribution in [0, 0.1) is 0 Å². The highest BCUT2D eigenvalue weighted by molar-refractivity contribution is 5.13. The Kier molecular flexibility index (Phi) is 5.42. The number of benzene rings is 1. The molecule has 0 aliphatic heterocycles. The molecule has 2 N–H and O–H groups in total. The molecule has 112 valence electrons. The van der Waals surface area contributed by atoms with Crippen LogP contribution in [0.5, 0.6) is 0 Å². The van der Waals surface area contributed by atoms with Crippen molar-refractivity contribution in [3.8, 4) is 0 Å². The van der Waals surface area contributed by atoms with Gasteiger partial charge < -0.3 is 10.5 Å². The number of ether oxygens (including phenoxy) is 1. The summed E-state index contributed by atoms with van der Waals surface area (Å²) in [6.45, 7) is 1.83. The zero-order valence-electron chi connectivity index (χ0n) is 12.2. The van der Waals surface area contributed by atoms with Gasteiger partial charge >= 0.3 is 0 Å². The molecule has 3 nitrogen and oxygen atoms in total. The van der Waals surface area contributed by atoms with Gasteiger partial charge in [-0.05, 0) is 24.6 Å². The molecule has 1 aromatic heterocycles. The molecule has 0 saturated heterocycles. The number of nitrogens with zero attached hydrogens (tertiary/aromatic N) is 1. The van der Waals surface area contributed by atoms with Crippen molar-refractivity contribution < 1.29 is 9.13 Å². The van der Waals surface area contributed by atoms with Crippen molar-refractivity contribution >= 4 is 0 Å². The molecule has 0 radical (unpaired) electrons. The first-order valence-corrected chi connectivity index (χ1v) is 7.04. The highest BCUT2D eigenvalue weighted by Gasteiger charge is 2.32. The molecule has 0 fully saturated rings. The number of nitrogens with two attached hydrogens (primary N) is 1. The molecule has 0 spiro atoms. The van der Waals surface area contributed by atoms with E-state index in [0.717, 1.165) is 11.3 Å². The average Bonchev–Trinajstić information content (AvgIpc) is 2.49. The minimum atomic E-state index is -1.59. The van der Waals surface area contributed by atoms with E-state index in [2.05, 4.69) is 4.98 Å². The lowest BCUT2D eigenvalue weighted by atomic mass is 9.95. The molecular formula is C17H21FN2O. The van der Waals surface area contributed by atoms with Crippen molar-refractivity contribution in [2.24, 2.45) is 5.73 Å². The third-order valence-electron chi connectivity index (χ3n) is 3.42. The first kappa shape index (κ1) is 15.6. The second kappa shape index (κ2) is 7.29. The van der Waals surface area contributed by atoms with E-state index in [1.54, 1.807) is 6.20 Å². The van der Waals surface area contributed by atoms with Gasteiger partial charge in [0.1, 0.15) is 5.67 Å². The summed E-state index contributed by atoms with van der Waals surface area (Å²) in [7, 11) is 0. The number of alkyl halides is 1. The molecule has 4 heteroatoms. The number of rotatable bonds is 7. The molecule has 21 heavy (non-hydrogen) atoms. The molecular weight excluding hydrogens is 267 g/mol. The monoisotopic (exact) mass is 288 g/mol. The van der Waals surface area contributed by atoms with Crippen LogP contribution in [0.15, 0.2) is 54.7 Å². The third-order valence-corrected chi connectivity index (χ3v) is 3.42. The van der Waals surface area contributed by atoms with Gasteiger partial charge in [0, 0.05) is 24.4 Å². The van der Waals surface area contributed by atoms with Crippen LogP contribution in [-0.4, -0.2) is 23.3 Å². The highest BCUT2D eigenvalue weighted by Crippen LogP contribution is 2.18. The number of halogens is 1. The standard InChI is InChI=1S/C17H21FN2O/c1-17(18,13-21-12-14-7-3-2-4-8-14)16(19)11-15-9-5-6-10-20-15/h2-10,16H,11-13,19H2,1H3/t16-,17?/m1/s1. The summed E-state index contributed by atoms with van der Waals surface area (Å²) in [4.78, 5) is 4.17. The summed E-state index contributed by atoms with van der Waals surface area (Å²) >= 11 is 0. The van der Waals surface area contributed by atoms with Gasteiger partial charge in [-0.2, -0.15) is 0 Å². The van der Waals surface area contributed by atoms with Crippen LogP contribution in [-0.2, 0) is 17.8 Å². The molecule has 0 amide bonds. The molecule has 2 aromatic rings. The predicted octanol–water partition coefficient (Wildman–Crippen LogP) is 2.90. The number of aromatic nitrogens is 1. The Bertz CT molecular complexity index is 531. The summed E-state index contributed by atoms with van der Waals surface area (Å²) < 4.78 is 20.1. The maximum absolute atomic E-state index is 14.6.